The number of rotatable bonds is 0. The highest BCUT2D eigenvalue weighted by molar-refractivity contribution is 4.95. The van der Waals surface area contributed by atoms with Crippen LogP contribution in [0.3, 0.4) is 0 Å². The molecule has 2 saturated heterocycles. The van der Waals surface area contributed by atoms with Crippen molar-refractivity contribution in [1.82, 2.24) is 5.32 Å². The molecule has 0 aromatic carbocycles. The molecule has 3 N–H and O–H groups in total. The van der Waals surface area contributed by atoms with Crippen LogP contribution in [0.15, 0.2) is 0 Å². The Bertz CT molecular complexity index is 120. The minimum atomic E-state index is 0.160. The van der Waals surface area contributed by atoms with E-state index in [1.54, 1.807) is 0 Å². The number of nitrogens with one attached hydrogen (secondary N) is 1. The van der Waals surface area contributed by atoms with Gasteiger partial charge in [0.15, 0.2) is 0 Å². The number of fused-ring (bicyclic) bond motifs is 4. The lowest BCUT2D eigenvalue weighted by molar-refractivity contribution is 0.280. The highest BCUT2D eigenvalue weighted by Gasteiger charge is 2.34. The van der Waals surface area contributed by atoms with E-state index in [9.17, 15) is 0 Å². The fraction of sp³-hybridized carbons (Fsp3) is 1.00. The Labute approximate surface area is 62.2 Å². The average Bonchev–Trinajstić information content (AvgIpc) is 2.19. The molecule has 1 aliphatic carbocycles. The van der Waals surface area contributed by atoms with Gasteiger partial charge in [0.25, 0.3) is 0 Å². The molecule has 1 saturated carbocycles. The van der Waals surface area contributed by atoms with Crippen molar-refractivity contribution >= 4 is 0 Å². The van der Waals surface area contributed by atoms with Gasteiger partial charge in [-0.1, -0.05) is 0 Å². The van der Waals surface area contributed by atoms with Crippen molar-refractivity contribution in [3.05, 3.63) is 0 Å². The topological polar surface area (TPSA) is 38.0 Å². The highest BCUT2D eigenvalue weighted by atomic mass is 15.0. The summed E-state index contributed by atoms with van der Waals surface area (Å²) in [4.78, 5) is 0. The summed E-state index contributed by atoms with van der Waals surface area (Å²) in [7, 11) is 0. The van der Waals surface area contributed by atoms with E-state index in [1.165, 1.54) is 32.2 Å². The zero-order valence-electron chi connectivity index (χ0n) is 6.40. The van der Waals surface area contributed by atoms with Crippen molar-refractivity contribution in [3.8, 4) is 0 Å². The molecule has 0 radical (unpaired) electrons. The molecule has 2 bridgehead atoms. The van der Waals surface area contributed by atoms with Crippen LogP contribution in [0.4, 0.5) is 0 Å². The van der Waals surface area contributed by atoms with Gasteiger partial charge < -0.3 is 11.1 Å². The number of nitrogens with two attached hydrogens (primary N) is 1. The zero-order chi connectivity index (χ0) is 7.03. The van der Waals surface area contributed by atoms with Gasteiger partial charge in [0.2, 0.25) is 0 Å². The molecule has 0 spiro atoms. The first-order valence-electron chi connectivity index (χ1n) is 4.28. The van der Waals surface area contributed by atoms with Crippen molar-refractivity contribution < 1.29 is 0 Å². The largest absolute Gasteiger partial charge is 0.324 e. The Morgan fingerprint density at radius 3 is 2.70 bits per heavy atom. The molecule has 2 aliphatic heterocycles. The third-order valence-electron chi connectivity index (χ3n) is 3.01. The third kappa shape index (κ3) is 1.06. The van der Waals surface area contributed by atoms with Crippen LogP contribution in [0.2, 0.25) is 0 Å². The molecule has 2 nitrogen and oxygen atoms in total. The molecule has 10 heavy (non-hydrogen) atoms. The lowest BCUT2D eigenvalue weighted by Gasteiger charge is -2.32. The molecule has 3 aliphatic rings. The van der Waals surface area contributed by atoms with Gasteiger partial charge in [-0.3, -0.25) is 0 Å². The second-order valence-electron chi connectivity index (χ2n) is 3.94. The van der Waals surface area contributed by atoms with Crippen molar-refractivity contribution in [2.75, 3.05) is 13.1 Å². The Kier molecular flexibility index (Phi) is 1.46. The smallest absolute Gasteiger partial charge is 0.0281 e. The Hall–Kier alpha value is -0.0800. The maximum Gasteiger partial charge on any atom is 0.0281 e. The lowest BCUT2D eigenvalue weighted by atomic mass is 9.79. The number of hydrogen-bond acceptors (Lipinski definition) is 2. The molecule has 58 valence electrons. The molecule has 0 aromatic heterocycles. The van der Waals surface area contributed by atoms with E-state index in [-0.39, 0.29) is 5.54 Å². The van der Waals surface area contributed by atoms with Gasteiger partial charge in [-0.2, -0.15) is 0 Å². The van der Waals surface area contributed by atoms with Crippen LogP contribution >= 0.6 is 0 Å². The SMILES string of the molecule is NC12CCC(CC1)CNC2. The molecule has 3 rings (SSSR count). The van der Waals surface area contributed by atoms with Crippen molar-refractivity contribution in [1.29, 1.82) is 0 Å². The monoisotopic (exact) mass is 140 g/mol. The second-order valence-corrected chi connectivity index (χ2v) is 3.94. The van der Waals surface area contributed by atoms with Gasteiger partial charge in [0.05, 0.1) is 0 Å². The zero-order valence-corrected chi connectivity index (χ0v) is 6.40. The van der Waals surface area contributed by atoms with Gasteiger partial charge in [-0.05, 0) is 38.1 Å². The summed E-state index contributed by atoms with van der Waals surface area (Å²) >= 11 is 0. The minimum Gasteiger partial charge on any atom is -0.324 e. The molecule has 0 amide bonds. The average molecular weight is 140 g/mol. The van der Waals surface area contributed by atoms with E-state index < -0.39 is 0 Å². The van der Waals surface area contributed by atoms with Crippen molar-refractivity contribution in [3.63, 3.8) is 0 Å². The van der Waals surface area contributed by atoms with E-state index >= 15 is 0 Å². The summed E-state index contributed by atoms with van der Waals surface area (Å²) in [5.41, 5.74) is 6.29. The molecule has 0 atom stereocenters. The normalized spacial score (nSPS) is 47.1. The van der Waals surface area contributed by atoms with E-state index in [0.29, 0.717) is 0 Å². The molecule has 0 unspecified atom stereocenters. The molecule has 2 heteroatoms. The molecule has 0 aromatic rings. The first kappa shape index (κ1) is 6.62. The first-order chi connectivity index (χ1) is 4.79. The Balaban J connectivity index is 2.11. The standard InChI is InChI=1S/C8H16N2/c9-8-3-1-7(2-4-8)5-10-6-8/h7,10H,1-6,9H2. The predicted molar refractivity (Wildman–Crippen MR) is 41.7 cm³/mol. The Morgan fingerprint density at radius 1 is 1.30 bits per heavy atom. The van der Waals surface area contributed by atoms with Crippen LogP contribution in [-0.2, 0) is 0 Å². The van der Waals surface area contributed by atoms with Gasteiger partial charge in [0.1, 0.15) is 0 Å². The summed E-state index contributed by atoms with van der Waals surface area (Å²) in [6.07, 6.45) is 5.18. The summed E-state index contributed by atoms with van der Waals surface area (Å²) in [5, 5.41) is 3.42. The van der Waals surface area contributed by atoms with Crippen molar-refractivity contribution in [2.24, 2.45) is 11.7 Å². The van der Waals surface area contributed by atoms with Gasteiger partial charge >= 0.3 is 0 Å². The number of hydrogen-bond donors (Lipinski definition) is 2. The predicted octanol–water partition coefficient (Wildman–Crippen LogP) is 0.477. The van der Waals surface area contributed by atoms with Gasteiger partial charge in [-0.15, -0.1) is 0 Å². The van der Waals surface area contributed by atoms with Crippen LogP contribution in [0, 0.1) is 5.92 Å². The quantitative estimate of drug-likeness (QED) is 0.513. The van der Waals surface area contributed by atoms with Crippen LogP contribution in [0.5, 0.6) is 0 Å². The first-order valence-corrected chi connectivity index (χ1v) is 4.28. The fourth-order valence-corrected chi connectivity index (χ4v) is 2.16. The van der Waals surface area contributed by atoms with E-state index in [0.717, 1.165) is 12.5 Å². The van der Waals surface area contributed by atoms with E-state index in [2.05, 4.69) is 5.32 Å². The summed E-state index contributed by atoms with van der Waals surface area (Å²) in [6.45, 7) is 2.25. The third-order valence-corrected chi connectivity index (χ3v) is 3.01. The maximum atomic E-state index is 6.13. The molecular formula is C8H16N2. The molecule has 2 heterocycles. The van der Waals surface area contributed by atoms with Crippen molar-refractivity contribution in [2.45, 2.75) is 31.2 Å². The maximum absolute atomic E-state index is 6.13. The Morgan fingerprint density at radius 2 is 2.00 bits per heavy atom. The highest BCUT2D eigenvalue weighted by Crippen LogP contribution is 2.31. The van der Waals surface area contributed by atoms with Crippen LogP contribution in [0.1, 0.15) is 25.7 Å². The summed E-state index contributed by atoms with van der Waals surface area (Å²) in [6, 6.07) is 0. The lowest BCUT2D eigenvalue weighted by Crippen LogP contribution is -2.47. The van der Waals surface area contributed by atoms with Crippen LogP contribution in [-0.4, -0.2) is 18.6 Å². The van der Waals surface area contributed by atoms with Gasteiger partial charge in [-0.25, -0.2) is 0 Å². The van der Waals surface area contributed by atoms with Crippen LogP contribution in [0.25, 0.3) is 0 Å². The second kappa shape index (κ2) is 2.21. The van der Waals surface area contributed by atoms with Crippen LogP contribution < -0.4 is 11.1 Å². The summed E-state index contributed by atoms with van der Waals surface area (Å²) in [5.74, 6) is 0.930. The molecular weight excluding hydrogens is 124 g/mol. The molecule has 3 fully saturated rings. The van der Waals surface area contributed by atoms with E-state index in [4.69, 9.17) is 5.73 Å². The minimum absolute atomic E-state index is 0.160. The van der Waals surface area contributed by atoms with Gasteiger partial charge in [0, 0.05) is 12.1 Å². The fourth-order valence-electron chi connectivity index (χ4n) is 2.16. The van der Waals surface area contributed by atoms with E-state index in [1.807, 2.05) is 0 Å². The summed E-state index contributed by atoms with van der Waals surface area (Å²) < 4.78 is 0.